The molecule has 0 aliphatic carbocycles. The highest BCUT2D eigenvalue weighted by atomic mass is 15.0. The van der Waals surface area contributed by atoms with E-state index in [0.717, 1.165) is 0 Å². The molecule has 400 valence electrons. The van der Waals surface area contributed by atoms with E-state index in [-0.39, 0.29) is 0 Å². The van der Waals surface area contributed by atoms with Gasteiger partial charge < -0.3 is 9.13 Å². The molecule has 2 nitrogen and oxygen atoms in total. The van der Waals surface area contributed by atoms with Crippen LogP contribution in [0.4, 0.5) is 0 Å². The molecule has 0 bridgehead atoms. The van der Waals surface area contributed by atoms with E-state index in [0.29, 0.717) is 0 Å². The molecule has 0 unspecified atom stereocenters. The zero-order valence-electron chi connectivity index (χ0n) is 47.6. The van der Waals surface area contributed by atoms with E-state index in [2.05, 4.69) is 314 Å². The monoisotopic (exact) mass is 1090 g/mol. The molecule has 0 radical (unpaired) electrons. The Hall–Kier alpha value is -11.1. The van der Waals surface area contributed by atoms with E-state index >= 15 is 0 Å². The first-order chi connectivity index (χ1) is 42.5. The van der Waals surface area contributed by atoms with Crippen LogP contribution in [0.25, 0.3) is 186 Å². The molecule has 0 amide bonds. The maximum Gasteiger partial charge on any atom is 0.0742 e. The fourth-order valence-corrected chi connectivity index (χ4v) is 15.1. The number of aryl methyl sites for hydroxylation is 2. The summed E-state index contributed by atoms with van der Waals surface area (Å²) >= 11 is 0. The highest BCUT2D eigenvalue weighted by Crippen LogP contribution is 2.49. The number of nitrogens with zero attached hydrogens (tertiary/aromatic N) is 2. The number of fused-ring (bicyclic) bond motifs is 16. The van der Waals surface area contributed by atoms with Gasteiger partial charge in [-0.05, 0) is 166 Å². The average molecular weight is 1090 g/mol. The van der Waals surface area contributed by atoms with Crippen molar-refractivity contribution in [2.45, 2.75) is 0 Å². The van der Waals surface area contributed by atoms with Crippen LogP contribution in [0.1, 0.15) is 0 Å². The molecule has 16 aromatic carbocycles. The van der Waals surface area contributed by atoms with Crippen molar-refractivity contribution < 1.29 is 0 Å². The SMILES string of the molecule is Cn1c2cc(-c3ccc(-c4c5ccccc5c(-c5ccc6ccccc6c5)c5ccccc45)cc3)ccc2c2c3ccccc3c3c4ccc(-c5ccc(-c6c7ccccc7c(-c7ccc8ccccc8c7)c7ccccc67)cc5)cc4n(C)c3c21. The lowest BCUT2D eigenvalue weighted by atomic mass is 9.85. The molecule has 0 aliphatic rings. The van der Waals surface area contributed by atoms with Crippen LogP contribution >= 0.6 is 0 Å². The molecule has 0 saturated carbocycles. The minimum atomic E-state index is 1.19. The predicted molar refractivity (Wildman–Crippen MR) is 370 cm³/mol. The summed E-state index contributed by atoms with van der Waals surface area (Å²) < 4.78 is 4.90. The second-order valence-corrected chi connectivity index (χ2v) is 23.5. The highest BCUT2D eigenvalue weighted by molar-refractivity contribution is 6.36. The molecule has 0 fully saturated rings. The van der Waals surface area contributed by atoms with Gasteiger partial charge in [-0.3, -0.25) is 0 Å². The Bertz CT molecular complexity index is 5420. The molecule has 0 atom stereocenters. The normalized spacial score (nSPS) is 12.1. The first-order valence-electron chi connectivity index (χ1n) is 29.9. The van der Waals surface area contributed by atoms with Crippen LogP contribution in [0.2, 0.25) is 0 Å². The molecular formula is C84H54N2. The maximum atomic E-state index is 2.45. The van der Waals surface area contributed by atoms with Gasteiger partial charge in [-0.25, -0.2) is 0 Å². The third-order valence-electron chi connectivity index (χ3n) is 19.0. The van der Waals surface area contributed by atoms with E-state index < -0.39 is 0 Å². The van der Waals surface area contributed by atoms with E-state index in [1.165, 1.54) is 186 Å². The van der Waals surface area contributed by atoms with Gasteiger partial charge in [0.15, 0.2) is 0 Å². The molecule has 2 heteroatoms. The van der Waals surface area contributed by atoms with Gasteiger partial charge in [-0.15, -0.1) is 0 Å². The van der Waals surface area contributed by atoms with Crippen molar-refractivity contribution in [2.75, 3.05) is 0 Å². The van der Waals surface area contributed by atoms with Crippen molar-refractivity contribution >= 4 is 119 Å². The van der Waals surface area contributed by atoms with E-state index in [1.54, 1.807) is 0 Å². The van der Waals surface area contributed by atoms with Crippen LogP contribution in [0.15, 0.2) is 291 Å². The molecule has 86 heavy (non-hydrogen) atoms. The second kappa shape index (κ2) is 18.7. The number of hydrogen-bond acceptors (Lipinski definition) is 0. The maximum absolute atomic E-state index is 2.45. The number of benzene rings is 16. The second-order valence-electron chi connectivity index (χ2n) is 23.5. The van der Waals surface area contributed by atoms with Gasteiger partial charge in [-0.2, -0.15) is 0 Å². The first kappa shape index (κ1) is 48.5. The van der Waals surface area contributed by atoms with E-state index in [1.807, 2.05) is 0 Å². The third kappa shape index (κ3) is 7.14. The van der Waals surface area contributed by atoms with Gasteiger partial charge in [0, 0.05) is 46.7 Å². The fourth-order valence-electron chi connectivity index (χ4n) is 15.1. The Labute approximate surface area is 497 Å². The minimum absolute atomic E-state index is 1.19. The lowest BCUT2D eigenvalue weighted by Crippen LogP contribution is -1.94. The lowest BCUT2D eigenvalue weighted by Gasteiger charge is -2.18. The Morgan fingerprint density at radius 1 is 0.186 bits per heavy atom. The van der Waals surface area contributed by atoms with Gasteiger partial charge in [0.25, 0.3) is 0 Å². The Morgan fingerprint density at radius 3 is 0.779 bits per heavy atom. The molecule has 0 spiro atoms. The zero-order valence-corrected chi connectivity index (χ0v) is 47.6. The topological polar surface area (TPSA) is 9.86 Å². The number of rotatable bonds is 6. The Kier molecular flexibility index (Phi) is 10.6. The van der Waals surface area contributed by atoms with E-state index in [4.69, 9.17) is 0 Å². The van der Waals surface area contributed by atoms with Gasteiger partial charge in [0.2, 0.25) is 0 Å². The van der Waals surface area contributed by atoms with Crippen LogP contribution < -0.4 is 0 Å². The molecule has 0 N–H and O–H groups in total. The highest BCUT2D eigenvalue weighted by Gasteiger charge is 2.24. The van der Waals surface area contributed by atoms with Crippen molar-refractivity contribution in [3.05, 3.63) is 291 Å². The van der Waals surface area contributed by atoms with Crippen LogP contribution in [-0.2, 0) is 14.1 Å². The van der Waals surface area contributed by atoms with Crippen molar-refractivity contribution in [3.63, 3.8) is 0 Å². The van der Waals surface area contributed by atoms with Crippen molar-refractivity contribution in [3.8, 4) is 66.8 Å². The van der Waals surface area contributed by atoms with Crippen molar-refractivity contribution in [1.82, 2.24) is 9.13 Å². The van der Waals surface area contributed by atoms with Gasteiger partial charge in [0.05, 0.1) is 11.0 Å². The molecule has 18 aromatic rings. The zero-order chi connectivity index (χ0) is 56.7. The summed E-state index contributed by atoms with van der Waals surface area (Å²) in [6, 6.07) is 109. The minimum Gasteiger partial charge on any atom is -0.342 e. The number of hydrogen-bond donors (Lipinski definition) is 0. The largest absolute Gasteiger partial charge is 0.342 e. The van der Waals surface area contributed by atoms with Gasteiger partial charge >= 0.3 is 0 Å². The van der Waals surface area contributed by atoms with Gasteiger partial charge in [0.1, 0.15) is 0 Å². The van der Waals surface area contributed by atoms with Crippen molar-refractivity contribution in [2.24, 2.45) is 14.1 Å². The van der Waals surface area contributed by atoms with Crippen molar-refractivity contribution in [1.29, 1.82) is 0 Å². The first-order valence-corrected chi connectivity index (χ1v) is 29.9. The Morgan fingerprint density at radius 2 is 0.442 bits per heavy atom. The summed E-state index contributed by atoms with van der Waals surface area (Å²) in [5.74, 6) is 0. The predicted octanol–water partition coefficient (Wildman–Crippen LogP) is 23.1. The summed E-state index contributed by atoms with van der Waals surface area (Å²) in [5.41, 5.74) is 19.7. The standard InChI is InChI=1S/C84H54N2/c1-85-75-49-59(53-31-37-55(38-32-53)77-63-21-7-11-25-67(63)79(68-26-12-8-22-64(68)77)61-41-35-51-17-3-5-19-57(51)47-61)43-45-73(75)81-71-29-15-16-30-72(71)82-74-46-44-60(50-76(74)86(2)84(82)83(81)85)54-33-39-56(40-34-54)78-65-23-9-13-27-69(65)80(70-28-14-10-24-66(70)78)62-42-36-52-18-4-6-20-58(52)48-62/h3-50H,1-2H3. The van der Waals surface area contributed by atoms with Gasteiger partial charge in [-0.1, -0.05) is 267 Å². The molecule has 0 aliphatic heterocycles. The lowest BCUT2D eigenvalue weighted by molar-refractivity contribution is 0.987. The molecular weight excluding hydrogens is 1040 g/mol. The average Bonchev–Trinajstić information content (AvgIpc) is 1.58. The summed E-state index contributed by atoms with van der Waals surface area (Å²) in [6.07, 6.45) is 0. The molecule has 0 saturated heterocycles. The summed E-state index contributed by atoms with van der Waals surface area (Å²) in [6.45, 7) is 0. The molecule has 18 rings (SSSR count). The summed E-state index contributed by atoms with van der Waals surface area (Å²) in [4.78, 5) is 0. The molecule has 2 aromatic heterocycles. The number of aromatic nitrogens is 2. The van der Waals surface area contributed by atoms with Crippen LogP contribution in [0.5, 0.6) is 0 Å². The Balaban J connectivity index is 0.730. The van der Waals surface area contributed by atoms with E-state index in [9.17, 15) is 0 Å². The molecule has 2 heterocycles. The summed E-state index contributed by atoms with van der Waals surface area (Å²) in [7, 11) is 4.52. The smallest absolute Gasteiger partial charge is 0.0742 e. The third-order valence-corrected chi connectivity index (χ3v) is 19.0. The van der Waals surface area contributed by atoms with Crippen LogP contribution in [0, 0.1) is 0 Å². The van der Waals surface area contributed by atoms with Crippen LogP contribution in [0.3, 0.4) is 0 Å². The fraction of sp³-hybridized carbons (Fsp3) is 0.0238. The van der Waals surface area contributed by atoms with Crippen LogP contribution in [-0.4, -0.2) is 9.13 Å². The quantitative estimate of drug-likeness (QED) is 0.147. The summed E-state index contributed by atoms with van der Waals surface area (Å²) in [5, 5.41) is 22.8.